The van der Waals surface area contributed by atoms with Gasteiger partial charge in [-0.1, -0.05) is 12.1 Å². The van der Waals surface area contributed by atoms with Gasteiger partial charge in [-0.25, -0.2) is 9.18 Å². The summed E-state index contributed by atoms with van der Waals surface area (Å²) in [6.45, 7) is 3.68. The Labute approximate surface area is 127 Å². The Morgan fingerprint density at radius 2 is 1.95 bits per heavy atom. The molecule has 1 heterocycles. The van der Waals surface area contributed by atoms with Crippen molar-refractivity contribution in [2.75, 3.05) is 0 Å². The van der Waals surface area contributed by atoms with Crippen LogP contribution in [0, 0.1) is 12.7 Å². The molecule has 112 valence electrons. The molecule has 2 aromatic carbocycles. The highest BCUT2D eigenvalue weighted by molar-refractivity contribution is 5.92. The highest BCUT2D eigenvalue weighted by atomic mass is 19.1. The summed E-state index contributed by atoms with van der Waals surface area (Å²) >= 11 is 0. The lowest BCUT2D eigenvalue weighted by Gasteiger charge is -2.24. The van der Waals surface area contributed by atoms with Gasteiger partial charge in [-0.2, -0.15) is 0 Å². The third-order valence-corrected chi connectivity index (χ3v) is 3.65. The second-order valence-electron chi connectivity index (χ2n) is 5.40. The quantitative estimate of drug-likeness (QED) is 0.910. The molecule has 1 unspecified atom stereocenters. The zero-order chi connectivity index (χ0) is 15.9. The Balaban J connectivity index is 2.19. The van der Waals surface area contributed by atoms with Crippen LogP contribution in [0.5, 0.6) is 5.75 Å². The molecule has 3 nitrogen and oxygen atoms in total. The summed E-state index contributed by atoms with van der Waals surface area (Å²) in [5, 5.41) is 9.15. The van der Waals surface area contributed by atoms with Gasteiger partial charge in [0.05, 0.1) is 5.56 Å². The van der Waals surface area contributed by atoms with Crippen molar-refractivity contribution in [3.63, 3.8) is 0 Å². The van der Waals surface area contributed by atoms with Gasteiger partial charge >= 0.3 is 5.97 Å². The zero-order valence-electron chi connectivity index (χ0n) is 12.3. The molecule has 0 spiro atoms. The third kappa shape index (κ3) is 2.48. The summed E-state index contributed by atoms with van der Waals surface area (Å²) in [4.78, 5) is 11.2. The molecule has 22 heavy (non-hydrogen) atoms. The van der Waals surface area contributed by atoms with E-state index in [-0.39, 0.29) is 17.5 Å². The molecular weight excluding hydrogens is 283 g/mol. The van der Waals surface area contributed by atoms with Crippen LogP contribution in [0.3, 0.4) is 0 Å². The molecule has 0 saturated carbocycles. The first kappa shape index (κ1) is 14.3. The topological polar surface area (TPSA) is 46.5 Å². The number of rotatable bonds is 2. The maximum absolute atomic E-state index is 14.3. The molecular formula is C18H15FO3. The van der Waals surface area contributed by atoms with Gasteiger partial charge in [0.15, 0.2) is 0 Å². The number of carboxylic acids is 1. The fourth-order valence-corrected chi connectivity index (χ4v) is 2.61. The molecule has 0 aliphatic carbocycles. The third-order valence-electron chi connectivity index (χ3n) is 3.65. The lowest BCUT2D eigenvalue weighted by Crippen LogP contribution is -2.16. The minimum Gasteiger partial charge on any atom is -0.486 e. The molecule has 4 heteroatoms. The standard InChI is InChI=1S/C18H15FO3/c1-10-3-5-13(16(19)7-10)14-8-11(2)22-17-6-4-12(18(20)21)9-15(14)17/h3-9,11H,1-2H3,(H,20,21). The molecule has 0 fully saturated rings. The van der Waals surface area contributed by atoms with Crippen molar-refractivity contribution < 1.29 is 19.0 Å². The molecule has 0 bridgehead atoms. The monoisotopic (exact) mass is 298 g/mol. The van der Waals surface area contributed by atoms with Crippen molar-refractivity contribution in [3.8, 4) is 5.75 Å². The summed E-state index contributed by atoms with van der Waals surface area (Å²) in [6, 6.07) is 9.65. The summed E-state index contributed by atoms with van der Waals surface area (Å²) in [7, 11) is 0. The van der Waals surface area contributed by atoms with Gasteiger partial charge in [0.1, 0.15) is 17.7 Å². The predicted octanol–water partition coefficient (Wildman–Crippen LogP) is 4.04. The van der Waals surface area contributed by atoms with Crippen LogP contribution in [-0.4, -0.2) is 17.2 Å². The first-order valence-electron chi connectivity index (χ1n) is 6.98. The summed E-state index contributed by atoms with van der Waals surface area (Å²) < 4.78 is 20.0. The Bertz CT molecular complexity index is 793. The van der Waals surface area contributed by atoms with Crippen molar-refractivity contribution in [2.45, 2.75) is 20.0 Å². The van der Waals surface area contributed by atoms with Crippen molar-refractivity contribution in [1.29, 1.82) is 0 Å². The summed E-state index contributed by atoms with van der Waals surface area (Å²) in [6.07, 6.45) is 1.60. The highest BCUT2D eigenvalue weighted by Gasteiger charge is 2.22. The lowest BCUT2D eigenvalue weighted by atomic mass is 9.92. The van der Waals surface area contributed by atoms with Crippen LogP contribution in [0.2, 0.25) is 0 Å². The van der Waals surface area contributed by atoms with Gasteiger partial charge in [-0.15, -0.1) is 0 Å². The number of carboxylic acid groups (broad SMARTS) is 1. The minimum absolute atomic E-state index is 0.148. The van der Waals surface area contributed by atoms with E-state index in [1.807, 2.05) is 26.0 Å². The van der Waals surface area contributed by atoms with Gasteiger partial charge < -0.3 is 9.84 Å². The molecule has 1 N–H and O–H groups in total. The van der Waals surface area contributed by atoms with Crippen LogP contribution >= 0.6 is 0 Å². The SMILES string of the molecule is Cc1ccc(C2=CC(C)Oc3ccc(C(=O)O)cc32)c(F)c1. The number of ether oxygens (including phenoxy) is 1. The van der Waals surface area contributed by atoms with E-state index in [0.717, 1.165) is 5.56 Å². The van der Waals surface area contributed by atoms with Crippen LogP contribution < -0.4 is 4.74 Å². The van der Waals surface area contributed by atoms with Crippen LogP contribution in [0.4, 0.5) is 4.39 Å². The first-order chi connectivity index (χ1) is 10.5. The molecule has 0 aromatic heterocycles. The number of carbonyl (C=O) groups is 1. The number of fused-ring (bicyclic) bond motifs is 1. The Morgan fingerprint density at radius 3 is 2.64 bits per heavy atom. The molecule has 3 rings (SSSR count). The normalized spacial score (nSPS) is 16.5. The van der Waals surface area contributed by atoms with Gasteiger partial charge in [0.25, 0.3) is 0 Å². The molecule has 0 radical (unpaired) electrons. The van der Waals surface area contributed by atoms with Gasteiger partial charge in [-0.3, -0.25) is 0 Å². The van der Waals surface area contributed by atoms with E-state index < -0.39 is 5.97 Å². The maximum atomic E-state index is 14.3. The number of hydrogen-bond acceptors (Lipinski definition) is 2. The average Bonchev–Trinajstić information content (AvgIpc) is 2.46. The smallest absolute Gasteiger partial charge is 0.335 e. The number of hydrogen-bond donors (Lipinski definition) is 1. The van der Waals surface area contributed by atoms with Crippen LogP contribution in [0.15, 0.2) is 42.5 Å². The first-order valence-corrected chi connectivity index (χ1v) is 6.98. The Morgan fingerprint density at radius 1 is 1.18 bits per heavy atom. The second-order valence-corrected chi connectivity index (χ2v) is 5.40. The van der Waals surface area contributed by atoms with Crippen molar-refractivity contribution in [1.82, 2.24) is 0 Å². The van der Waals surface area contributed by atoms with E-state index in [9.17, 15) is 9.18 Å². The van der Waals surface area contributed by atoms with Crippen molar-refractivity contribution >= 4 is 11.5 Å². The summed E-state index contributed by atoms with van der Waals surface area (Å²) in [5.74, 6) is -0.785. The number of halogens is 1. The Hall–Kier alpha value is -2.62. The molecule has 0 saturated heterocycles. The highest BCUT2D eigenvalue weighted by Crippen LogP contribution is 2.37. The maximum Gasteiger partial charge on any atom is 0.335 e. The van der Waals surface area contributed by atoms with Crippen molar-refractivity contribution in [2.24, 2.45) is 0 Å². The van der Waals surface area contributed by atoms with E-state index >= 15 is 0 Å². The molecule has 1 atom stereocenters. The Kier molecular flexibility index (Phi) is 3.45. The van der Waals surface area contributed by atoms with Gasteiger partial charge in [0.2, 0.25) is 0 Å². The number of benzene rings is 2. The number of aromatic carboxylic acids is 1. The van der Waals surface area contributed by atoms with Crippen LogP contribution in [0.25, 0.3) is 5.57 Å². The van der Waals surface area contributed by atoms with Gasteiger partial charge in [0, 0.05) is 11.1 Å². The molecule has 0 amide bonds. The fraction of sp³-hybridized carbons (Fsp3) is 0.167. The molecule has 1 aliphatic heterocycles. The lowest BCUT2D eigenvalue weighted by molar-refractivity contribution is 0.0697. The van der Waals surface area contributed by atoms with E-state index in [1.165, 1.54) is 18.2 Å². The van der Waals surface area contributed by atoms with E-state index in [4.69, 9.17) is 9.84 Å². The zero-order valence-corrected chi connectivity index (χ0v) is 12.3. The van der Waals surface area contributed by atoms with Gasteiger partial charge in [-0.05, 0) is 55.3 Å². The second kappa shape index (κ2) is 5.30. The fourth-order valence-electron chi connectivity index (χ4n) is 2.61. The van der Waals surface area contributed by atoms with E-state index in [0.29, 0.717) is 22.4 Å². The predicted molar refractivity (Wildman–Crippen MR) is 81.7 cm³/mol. The van der Waals surface area contributed by atoms with Crippen LogP contribution in [0.1, 0.15) is 34.0 Å². The van der Waals surface area contributed by atoms with Crippen LogP contribution in [-0.2, 0) is 0 Å². The van der Waals surface area contributed by atoms with E-state index in [2.05, 4.69) is 0 Å². The molecule has 2 aromatic rings. The average molecular weight is 298 g/mol. The largest absolute Gasteiger partial charge is 0.486 e. The van der Waals surface area contributed by atoms with E-state index in [1.54, 1.807) is 12.1 Å². The molecule has 1 aliphatic rings. The summed E-state index contributed by atoms with van der Waals surface area (Å²) in [5.41, 5.74) is 2.69. The number of aryl methyl sites for hydroxylation is 1. The minimum atomic E-state index is -1.02. The van der Waals surface area contributed by atoms with Crippen molar-refractivity contribution in [3.05, 3.63) is 70.5 Å².